The van der Waals surface area contributed by atoms with Crippen molar-refractivity contribution in [2.24, 2.45) is 0 Å². The zero-order valence-electron chi connectivity index (χ0n) is 8.30. The maximum atomic E-state index is 13.1. The predicted octanol–water partition coefficient (Wildman–Crippen LogP) is 1.91. The Morgan fingerprint density at radius 1 is 1.38 bits per heavy atom. The van der Waals surface area contributed by atoms with Gasteiger partial charge in [0.15, 0.2) is 0 Å². The molecule has 0 aliphatic carbocycles. The molecule has 3 nitrogen and oxygen atoms in total. The number of ether oxygens (including phenoxy) is 1. The van der Waals surface area contributed by atoms with Crippen LogP contribution in [0.25, 0.3) is 0 Å². The number of amides is 1. The van der Waals surface area contributed by atoms with Crippen molar-refractivity contribution in [2.75, 3.05) is 19.2 Å². The lowest BCUT2D eigenvalue weighted by Crippen LogP contribution is -2.28. The van der Waals surface area contributed by atoms with E-state index in [1.807, 2.05) is 0 Å². The Morgan fingerprint density at radius 3 is 2.56 bits per heavy atom. The molecule has 0 aromatic heterocycles. The van der Waals surface area contributed by atoms with E-state index in [2.05, 4.69) is 5.32 Å². The van der Waals surface area contributed by atoms with E-state index in [4.69, 9.17) is 16.3 Å². The predicted molar refractivity (Wildman–Crippen MR) is 55.4 cm³/mol. The number of hydrogen-bond acceptors (Lipinski definition) is 2. The lowest BCUT2D eigenvalue weighted by molar-refractivity contribution is 0.0925. The first-order valence-electron chi connectivity index (χ1n) is 4.52. The Morgan fingerprint density at radius 2 is 2.00 bits per heavy atom. The highest BCUT2D eigenvalue weighted by atomic mass is 35.5. The molecule has 0 heterocycles. The van der Waals surface area contributed by atoms with E-state index >= 15 is 0 Å². The van der Waals surface area contributed by atoms with Crippen molar-refractivity contribution in [3.05, 3.63) is 35.4 Å². The van der Waals surface area contributed by atoms with Crippen molar-refractivity contribution in [1.82, 2.24) is 5.32 Å². The summed E-state index contributed by atoms with van der Waals surface area (Å²) in [6.45, 7) is 0.324. The fourth-order valence-corrected chi connectivity index (χ4v) is 1.20. The van der Waals surface area contributed by atoms with Crippen LogP contribution in [0, 0.1) is 11.6 Å². The first-order valence-corrected chi connectivity index (χ1v) is 5.06. The third-order valence-electron chi connectivity index (χ3n) is 1.80. The molecule has 1 aromatic carbocycles. The lowest BCUT2D eigenvalue weighted by Gasteiger charge is -2.06. The van der Waals surface area contributed by atoms with Crippen LogP contribution >= 0.6 is 11.6 Å². The second-order valence-electron chi connectivity index (χ2n) is 2.87. The zero-order chi connectivity index (χ0) is 12.0. The number of carbonyl (C=O) groups excluding carboxylic acids is 1. The van der Waals surface area contributed by atoms with Crippen LogP contribution in [0.15, 0.2) is 18.2 Å². The summed E-state index contributed by atoms with van der Waals surface area (Å²) in [6.07, 6.45) is 0. The van der Waals surface area contributed by atoms with Gasteiger partial charge in [0.1, 0.15) is 23.3 Å². The number of alkyl halides is 1. The fraction of sp³-hybridized carbons (Fsp3) is 0.300. The number of nitrogens with one attached hydrogen (secondary N) is 1. The highest BCUT2D eigenvalue weighted by molar-refractivity contribution is 6.17. The summed E-state index contributed by atoms with van der Waals surface area (Å²) in [5.41, 5.74) is -0.589. The van der Waals surface area contributed by atoms with Gasteiger partial charge < -0.3 is 10.1 Å². The average molecular weight is 250 g/mol. The zero-order valence-corrected chi connectivity index (χ0v) is 9.06. The summed E-state index contributed by atoms with van der Waals surface area (Å²) in [6, 6.07) is 3.24. The second kappa shape index (κ2) is 6.40. The van der Waals surface area contributed by atoms with Gasteiger partial charge in [0.25, 0.3) is 5.91 Å². The SMILES string of the molecule is O=C(NCCOCCl)c1c(F)cccc1F. The van der Waals surface area contributed by atoms with E-state index in [0.29, 0.717) is 0 Å². The molecule has 0 aliphatic heterocycles. The molecule has 0 unspecified atom stereocenters. The van der Waals surface area contributed by atoms with E-state index in [1.54, 1.807) is 0 Å². The Kier molecular flexibility index (Phi) is 5.14. The van der Waals surface area contributed by atoms with E-state index in [9.17, 15) is 13.6 Å². The van der Waals surface area contributed by atoms with E-state index in [0.717, 1.165) is 12.1 Å². The molecular formula is C10H10ClF2NO2. The van der Waals surface area contributed by atoms with Crippen molar-refractivity contribution in [3.63, 3.8) is 0 Å². The summed E-state index contributed by atoms with van der Waals surface area (Å²) < 4.78 is 31.0. The summed E-state index contributed by atoms with van der Waals surface area (Å²) in [4.78, 5) is 11.4. The number of rotatable bonds is 5. The number of carbonyl (C=O) groups is 1. The Bertz CT molecular complexity index is 354. The molecule has 88 valence electrons. The van der Waals surface area contributed by atoms with E-state index in [-0.39, 0.29) is 19.2 Å². The van der Waals surface area contributed by atoms with Crippen LogP contribution in [0.3, 0.4) is 0 Å². The van der Waals surface area contributed by atoms with E-state index in [1.165, 1.54) is 6.07 Å². The molecule has 1 aromatic rings. The molecule has 1 N–H and O–H groups in total. The van der Waals surface area contributed by atoms with Gasteiger partial charge in [0.05, 0.1) is 6.61 Å². The quantitative estimate of drug-likeness (QED) is 0.639. The maximum absolute atomic E-state index is 13.1. The molecule has 0 saturated carbocycles. The molecule has 1 amide bonds. The minimum Gasteiger partial charge on any atom is -0.364 e. The molecule has 0 bridgehead atoms. The van der Waals surface area contributed by atoms with Gasteiger partial charge in [-0.1, -0.05) is 17.7 Å². The third-order valence-corrected chi connectivity index (χ3v) is 1.95. The maximum Gasteiger partial charge on any atom is 0.257 e. The Labute approximate surface area is 96.4 Å². The number of benzene rings is 1. The molecule has 0 saturated heterocycles. The van der Waals surface area contributed by atoms with Crippen LogP contribution in [0.2, 0.25) is 0 Å². The van der Waals surface area contributed by atoms with Gasteiger partial charge in [-0.2, -0.15) is 0 Å². The lowest BCUT2D eigenvalue weighted by atomic mass is 10.2. The average Bonchev–Trinajstić information content (AvgIpc) is 2.24. The van der Waals surface area contributed by atoms with Crippen LogP contribution in [0.1, 0.15) is 10.4 Å². The minimum atomic E-state index is -0.893. The molecule has 16 heavy (non-hydrogen) atoms. The molecule has 0 aliphatic rings. The van der Waals surface area contributed by atoms with Crippen LogP contribution in [-0.4, -0.2) is 25.1 Å². The summed E-state index contributed by atoms with van der Waals surface area (Å²) >= 11 is 5.23. The number of halogens is 3. The van der Waals surface area contributed by atoms with Crippen molar-refractivity contribution in [3.8, 4) is 0 Å². The summed E-state index contributed by atoms with van der Waals surface area (Å²) in [5.74, 6) is -2.60. The minimum absolute atomic E-state index is 0.00390. The molecular weight excluding hydrogens is 240 g/mol. The van der Waals surface area contributed by atoms with Crippen molar-refractivity contribution in [2.45, 2.75) is 0 Å². The van der Waals surface area contributed by atoms with Gasteiger partial charge in [-0.25, -0.2) is 8.78 Å². The fourth-order valence-electron chi connectivity index (χ4n) is 1.09. The van der Waals surface area contributed by atoms with Crippen LogP contribution < -0.4 is 5.32 Å². The van der Waals surface area contributed by atoms with Crippen molar-refractivity contribution in [1.29, 1.82) is 0 Å². The smallest absolute Gasteiger partial charge is 0.257 e. The molecule has 0 atom stereocenters. The largest absolute Gasteiger partial charge is 0.364 e. The first kappa shape index (κ1) is 12.9. The Hall–Kier alpha value is -1.20. The van der Waals surface area contributed by atoms with Gasteiger partial charge in [0.2, 0.25) is 0 Å². The van der Waals surface area contributed by atoms with Gasteiger partial charge >= 0.3 is 0 Å². The summed E-state index contributed by atoms with van der Waals surface area (Å²) in [5, 5.41) is 2.31. The molecule has 0 spiro atoms. The van der Waals surface area contributed by atoms with Crippen LogP contribution in [0.5, 0.6) is 0 Å². The van der Waals surface area contributed by atoms with Crippen molar-refractivity contribution >= 4 is 17.5 Å². The van der Waals surface area contributed by atoms with Crippen LogP contribution in [0.4, 0.5) is 8.78 Å². The first-order chi connectivity index (χ1) is 7.66. The van der Waals surface area contributed by atoms with E-state index < -0.39 is 23.1 Å². The molecule has 0 radical (unpaired) electrons. The topological polar surface area (TPSA) is 38.3 Å². The molecule has 1 rings (SSSR count). The van der Waals surface area contributed by atoms with Crippen LogP contribution in [-0.2, 0) is 4.74 Å². The van der Waals surface area contributed by atoms with Gasteiger partial charge in [0, 0.05) is 6.54 Å². The highest BCUT2D eigenvalue weighted by Gasteiger charge is 2.15. The Balaban J connectivity index is 2.59. The second-order valence-corrected chi connectivity index (χ2v) is 3.09. The normalized spacial score (nSPS) is 10.2. The summed E-state index contributed by atoms with van der Waals surface area (Å²) in [7, 11) is 0. The highest BCUT2D eigenvalue weighted by Crippen LogP contribution is 2.11. The van der Waals surface area contributed by atoms with Crippen molar-refractivity contribution < 1.29 is 18.3 Å². The van der Waals surface area contributed by atoms with Gasteiger partial charge in [-0.05, 0) is 12.1 Å². The number of hydrogen-bond donors (Lipinski definition) is 1. The van der Waals surface area contributed by atoms with Gasteiger partial charge in [-0.3, -0.25) is 4.79 Å². The standard InChI is InChI=1S/C10H10ClF2NO2/c11-6-16-5-4-14-10(15)9-7(12)2-1-3-8(9)13/h1-3H,4-6H2,(H,14,15). The monoisotopic (exact) mass is 249 g/mol. The van der Waals surface area contributed by atoms with Gasteiger partial charge in [-0.15, -0.1) is 0 Å². The molecule has 6 heteroatoms. The third kappa shape index (κ3) is 3.43. The molecule has 0 fully saturated rings.